The molecule has 1 aromatic heterocycles. The highest BCUT2D eigenvalue weighted by Crippen LogP contribution is 2.22. The first kappa shape index (κ1) is 20.1. The van der Waals surface area contributed by atoms with E-state index in [4.69, 9.17) is 4.74 Å². The van der Waals surface area contributed by atoms with E-state index in [-0.39, 0.29) is 18.6 Å². The number of ether oxygens (including phenoxy) is 1. The van der Waals surface area contributed by atoms with Crippen molar-refractivity contribution in [3.05, 3.63) is 11.1 Å². The van der Waals surface area contributed by atoms with Gasteiger partial charge in [-0.25, -0.2) is 4.98 Å². The molecule has 0 saturated heterocycles. The number of unbranched alkanes of at least 4 members (excludes halogenated alkanes) is 1. The molecule has 0 spiro atoms. The zero-order chi connectivity index (χ0) is 17.9. The van der Waals surface area contributed by atoms with Gasteiger partial charge in [-0.15, -0.1) is 0 Å². The summed E-state index contributed by atoms with van der Waals surface area (Å²) in [5.74, 6) is -0.0685. The summed E-state index contributed by atoms with van der Waals surface area (Å²) < 4.78 is 5.50. The number of aliphatic hydroxyl groups is 1. The van der Waals surface area contributed by atoms with E-state index in [1.54, 1.807) is 6.20 Å². The second-order valence-corrected chi connectivity index (χ2v) is 7.67. The molecule has 6 nitrogen and oxygen atoms in total. The van der Waals surface area contributed by atoms with Crippen molar-refractivity contribution < 1.29 is 14.6 Å². The Morgan fingerprint density at radius 3 is 2.88 bits per heavy atom. The summed E-state index contributed by atoms with van der Waals surface area (Å²) in [6.07, 6.45) is 10.2. The minimum atomic E-state index is -0.580. The third-order valence-corrected chi connectivity index (χ3v) is 5.29. The van der Waals surface area contributed by atoms with E-state index in [1.807, 2.05) is 0 Å². The van der Waals surface area contributed by atoms with Crippen LogP contribution in [0.25, 0.3) is 0 Å². The molecule has 7 heteroatoms. The molecule has 1 fully saturated rings. The number of hydrogen-bond acceptors (Lipinski definition) is 6. The molecule has 0 bridgehead atoms. The second kappa shape index (κ2) is 11.4. The largest absolute Gasteiger partial charge is 0.467 e. The molecule has 0 radical (unpaired) electrons. The van der Waals surface area contributed by atoms with Crippen LogP contribution >= 0.6 is 11.3 Å². The summed E-state index contributed by atoms with van der Waals surface area (Å²) in [6, 6.07) is 0.275. The minimum Gasteiger partial charge on any atom is -0.467 e. The van der Waals surface area contributed by atoms with Gasteiger partial charge in [0.15, 0.2) is 0 Å². The molecule has 1 unspecified atom stereocenters. The Hall–Kier alpha value is -1.18. The fraction of sp³-hybridized carbons (Fsp3) is 0.778. The monoisotopic (exact) mass is 369 g/mol. The van der Waals surface area contributed by atoms with Gasteiger partial charge in [-0.1, -0.05) is 50.4 Å². The number of rotatable bonds is 10. The first-order valence-corrected chi connectivity index (χ1v) is 10.3. The van der Waals surface area contributed by atoms with Crippen LogP contribution in [-0.2, 0) is 0 Å². The van der Waals surface area contributed by atoms with E-state index in [0.29, 0.717) is 16.6 Å². The highest BCUT2D eigenvalue weighted by Gasteiger charge is 2.18. The molecule has 1 aliphatic rings. The van der Waals surface area contributed by atoms with Gasteiger partial charge in [-0.2, -0.15) is 0 Å². The average Bonchev–Trinajstić information content (AvgIpc) is 2.94. The van der Waals surface area contributed by atoms with E-state index in [0.717, 1.165) is 32.2 Å². The maximum Gasteiger partial charge on any atom is 0.273 e. The van der Waals surface area contributed by atoms with Crippen LogP contribution in [0.4, 0.5) is 0 Å². The van der Waals surface area contributed by atoms with E-state index >= 15 is 0 Å². The van der Waals surface area contributed by atoms with Gasteiger partial charge in [-0.3, -0.25) is 4.79 Å². The average molecular weight is 370 g/mol. The van der Waals surface area contributed by atoms with Gasteiger partial charge in [0.05, 0.1) is 6.20 Å². The van der Waals surface area contributed by atoms with Crippen LogP contribution in [0.15, 0.2) is 6.20 Å². The Balaban J connectivity index is 1.70. The molecule has 142 valence electrons. The first-order valence-electron chi connectivity index (χ1n) is 9.47. The predicted octanol–water partition coefficient (Wildman–Crippen LogP) is 2.73. The zero-order valence-corrected chi connectivity index (χ0v) is 15.9. The SMILES string of the molecule is CCCCNCC(O)COc1ncc(C(=O)NC2CCCCCC2)s1. The molecule has 3 N–H and O–H groups in total. The van der Waals surface area contributed by atoms with Crippen molar-refractivity contribution >= 4 is 17.2 Å². The highest BCUT2D eigenvalue weighted by molar-refractivity contribution is 7.15. The number of aliphatic hydroxyl groups excluding tert-OH is 1. The predicted molar refractivity (Wildman–Crippen MR) is 100 cm³/mol. The van der Waals surface area contributed by atoms with Crippen molar-refractivity contribution in [2.24, 2.45) is 0 Å². The van der Waals surface area contributed by atoms with Crippen molar-refractivity contribution in [2.45, 2.75) is 70.4 Å². The molecule has 2 rings (SSSR count). The third-order valence-electron chi connectivity index (χ3n) is 4.38. The minimum absolute atomic E-state index is 0.0685. The van der Waals surface area contributed by atoms with Crippen LogP contribution in [-0.4, -0.2) is 47.8 Å². The zero-order valence-electron chi connectivity index (χ0n) is 15.1. The Labute approximate surface area is 154 Å². The number of carbonyl (C=O) groups excluding carboxylic acids is 1. The lowest BCUT2D eigenvalue weighted by atomic mass is 10.1. The van der Waals surface area contributed by atoms with Crippen LogP contribution in [0, 0.1) is 0 Å². The fourth-order valence-electron chi connectivity index (χ4n) is 2.91. The Bertz CT molecular complexity index is 502. The number of nitrogens with zero attached hydrogens (tertiary/aromatic N) is 1. The Morgan fingerprint density at radius 1 is 1.40 bits per heavy atom. The number of hydrogen-bond donors (Lipinski definition) is 3. The maximum absolute atomic E-state index is 12.3. The molecule has 0 aliphatic heterocycles. The maximum atomic E-state index is 12.3. The summed E-state index contributed by atoms with van der Waals surface area (Å²) >= 11 is 1.23. The van der Waals surface area contributed by atoms with Crippen molar-refractivity contribution in [3.63, 3.8) is 0 Å². The number of carbonyl (C=O) groups is 1. The summed E-state index contributed by atoms with van der Waals surface area (Å²) in [7, 11) is 0. The van der Waals surface area contributed by atoms with Crippen LogP contribution < -0.4 is 15.4 Å². The van der Waals surface area contributed by atoms with Crippen molar-refractivity contribution in [1.82, 2.24) is 15.6 Å². The molecular weight excluding hydrogens is 338 g/mol. The lowest BCUT2D eigenvalue weighted by Crippen LogP contribution is -2.33. The lowest BCUT2D eigenvalue weighted by Gasteiger charge is -2.15. The number of thiazole rings is 1. The van der Waals surface area contributed by atoms with Crippen LogP contribution in [0.3, 0.4) is 0 Å². The number of amides is 1. The van der Waals surface area contributed by atoms with Gasteiger partial charge in [0.2, 0.25) is 0 Å². The lowest BCUT2D eigenvalue weighted by molar-refractivity contribution is 0.0937. The van der Waals surface area contributed by atoms with Crippen LogP contribution in [0.2, 0.25) is 0 Å². The van der Waals surface area contributed by atoms with E-state index in [9.17, 15) is 9.90 Å². The van der Waals surface area contributed by atoms with E-state index in [1.165, 1.54) is 37.0 Å². The molecule has 1 atom stereocenters. The third kappa shape index (κ3) is 7.71. The highest BCUT2D eigenvalue weighted by atomic mass is 32.1. The molecule has 1 heterocycles. The van der Waals surface area contributed by atoms with Crippen molar-refractivity contribution in [1.29, 1.82) is 0 Å². The van der Waals surface area contributed by atoms with Crippen LogP contribution in [0.5, 0.6) is 5.19 Å². The standard InChI is InChI=1S/C18H31N3O3S/c1-2-3-10-19-11-15(22)13-24-18-20-12-16(25-18)17(23)21-14-8-6-4-5-7-9-14/h12,14-15,19,22H,2-11,13H2,1H3,(H,21,23). The Kier molecular flexibility index (Phi) is 9.21. The van der Waals surface area contributed by atoms with Crippen molar-refractivity contribution in [3.8, 4) is 5.19 Å². The van der Waals surface area contributed by atoms with Gasteiger partial charge in [0.1, 0.15) is 17.6 Å². The Morgan fingerprint density at radius 2 is 2.16 bits per heavy atom. The topological polar surface area (TPSA) is 83.5 Å². The number of nitrogens with one attached hydrogen (secondary N) is 2. The number of aromatic nitrogens is 1. The van der Waals surface area contributed by atoms with Gasteiger partial charge >= 0.3 is 0 Å². The molecule has 1 saturated carbocycles. The van der Waals surface area contributed by atoms with Gasteiger partial charge in [-0.05, 0) is 25.8 Å². The fourth-order valence-corrected chi connectivity index (χ4v) is 3.58. The summed E-state index contributed by atoms with van der Waals surface area (Å²) in [6.45, 7) is 3.71. The quantitative estimate of drug-likeness (QED) is 0.436. The normalized spacial score (nSPS) is 17.0. The summed E-state index contributed by atoms with van der Waals surface area (Å²) in [5, 5.41) is 16.6. The van der Waals surface area contributed by atoms with Gasteiger partial charge in [0, 0.05) is 12.6 Å². The van der Waals surface area contributed by atoms with Gasteiger partial charge < -0.3 is 20.5 Å². The molecule has 0 aromatic carbocycles. The summed E-state index contributed by atoms with van der Waals surface area (Å²) in [5.41, 5.74) is 0. The van der Waals surface area contributed by atoms with Crippen LogP contribution in [0.1, 0.15) is 68.0 Å². The van der Waals surface area contributed by atoms with Crippen molar-refractivity contribution in [2.75, 3.05) is 19.7 Å². The smallest absolute Gasteiger partial charge is 0.273 e. The van der Waals surface area contributed by atoms with E-state index in [2.05, 4.69) is 22.5 Å². The van der Waals surface area contributed by atoms with E-state index < -0.39 is 6.10 Å². The summed E-state index contributed by atoms with van der Waals surface area (Å²) in [4.78, 5) is 17.0. The molecule has 1 aliphatic carbocycles. The first-order chi connectivity index (χ1) is 12.2. The molecule has 1 aromatic rings. The molecular formula is C18H31N3O3S. The van der Waals surface area contributed by atoms with Gasteiger partial charge in [0.25, 0.3) is 11.1 Å². The molecule has 1 amide bonds. The molecule has 25 heavy (non-hydrogen) atoms. The second-order valence-electron chi connectivity index (χ2n) is 6.67.